The number of halogens is 1. The van der Waals surface area contributed by atoms with E-state index in [9.17, 15) is 9.59 Å². The molecule has 2 aromatic rings. The number of carbonyl (C=O) groups is 2. The number of amides is 2. The van der Waals surface area contributed by atoms with E-state index >= 15 is 0 Å². The van der Waals surface area contributed by atoms with E-state index in [4.69, 9.17) is 0 Å². The third-order valence-corrected chi connectivity index (χ3v) is 3.17. The monoisotopic (exact) mass is 334 g/mol. The minimum absolute atomic E-state index is 0.365. The quantitative estimate of drug-likeness (QED) is 0.643. The van der Waals surface area contributed by atoms with E-state index in [1.165, 1.54) is 0 Å². The van der Waals surface area contributed by atoms with Crippen molar-refractivity contribution in [3.63, 3.8) is 0 Å². The van der Waals surface area contributed by atoms with Crippen molar-refractivity contribution >= 4 is 27.7 Å². The number of nitrogens with one attached hydrogen (secondary N) is 2. The molecule has 0 atom stereocenters. The van der Waals surface area contributed by atoms with Crippen LogP contribution in [0.1, 0.15) is 20.7 Å². The highest BCUT2D eigenvalue weighted by Gasteiger charge is 2.09. The van der Waals surface area contributed by atoms with Crippen LogP contribution in [0.2, 0.25) is 0 Å². The molecule has 0 aliphatic rings. The van der Waals surface area contributed by atoms with E-state index in [0.29, 0.717) is 11.1 Å². The number of carbonyl (C=O) groups excluding carboxylic acids is 2. The molecule has 6 heteroatoms. The van der Waals surface area contributed by atoms with Crippen molar-refractivity contribution in [2.24, 2.45) is 7.05 Å². The Bertz CT molecular complexity index is 566. The molecule has 0 spiro atoms. The van der Waals surface area contributed by atoms with E-state index in [2.05, 4.69) is 26.8 Å². The van der Waals surface area contributed by atoms with Crippen molar-refractivity contribution in [1.82, 2.24) is 10.9 Å². The molecule has 0 saturated heterocycles. The Kier molecular flexibility index (Phi) is 4.47. The summed E-state index contributed by atoms with van der Waals surface area (Å²) in [5.41, 5.74) is 5.68. The number of hydrogen-bond donors (Lipinski definition) is 2. The lowest BCUT2D eigenvalue weighted by molar-refractivity contribution is -0.671. The summed E-state index contributed by atoms with van der Waals surface area (Å²) in [7, 11) is 1.86. The second-order valence-corrected chi connectivity index (χ2v) is 5.08. The molecule has 0 unspecified atom stereocenters. The van der Waals surface area contributed by atoms with Crippen LogP contribution in [0.25, 0.3) is 0 Å². The van der Waals surface area contributed by atoms with Gasteiger partial charge in [-0.25, -0.2) is 4.57 Å². The Labute approximate surface area is 124 Å². The molecule has 2 N–H and O–H groups in total. The molecule has 1 aromatic heterocycles. The van der Waals surface area contributed by atoms with Gasteiger partial charge in [-0.15, -0.1) is 0 Å². The number of pyridine rings is 1. The summed E-state index contributed by atoms with van der Waals surface area (Å²) in [4.78, 5) is 23.6. The van der Waals surface area contributed by atoms with Crippen molar-refractivity contribution in [3.8, 4) is 0 Å². The van der Waals surface area contributed by atoms with Gasteiger partial charge >= 0.3 is 0 Å². The molecular weight excluding hydrogens is 322 g/mol. The number of rotatable bonds is 2. The molecular formula is C14H13BrN3O2+. The Morgan fingerprint density at radius 2 is 1.35 bits per heavy atom. The summed E-state index contributed by atoms with van der Waals surface area (Å²) in [6.07, 6.45) is 3.51. The zero-order chi connectivity index (χ0) is 14.5. The predicted octanol–water partition coefficient (Wildman–Crippen LogP) is 1.35. The van der Waals surface area contributed by atoms with Crippen molar-refractivity contribution < 1.29 is 14.2 Å². The standard InChI is InChI=1S/C14H12BrN3O2/c1-18-8-6-11(7-9-18)14(20)17-16-13(19)10-2-4-12(15)5-3-10/h2-9,20H,1H3/p+1. The van der Waals surface area contributed by atoms with Gasteiger partial charge in [-0.1, -0.05) is 15.9 Å². The number of aromatic nitrogens is 1. The van der Waals surface area contributed by atoms with Gasteiger partial charge in [0.15, 0.2) is 12.4 Å². The van der Waals surface area contributed by atoms with Crippen LogP contribution in [0.15, 0.2) is 53.3 Å². The zero-order valence-electron chi connectivity index (χ0n) is 10.8. The number of hydrazine groups is 1. The second-order valence-electron chi connectivity index (χ2n) is 4.17. The average Bonchev–Trinajstić information content (AvgIpc) is 2.46. The van der Waals surface area contributed by atoms with E-state index in [1.54, 1.807) is 48.8 Å². The maximum Gasteiger partial charge on any atom is 0.270 e. The Balaban J connectivity index is 1.94. The topological polar surface area (TPSA) is 62.1 Å². The van der Waals surface area contributed by atoms with Gasteiger partial charge in [-0.2, -0.15) is 0 Å². The molecule has 0 radical (unpaired) electrons. The first kappa shape index (κ1) is 14.2. The van der Waals surface area contributed by atoms with Crippen LogP contribution >= 0.6 is 15.9 Å². The molecule has 0 fully saturated rings. The second kappa shape index (κ2) is 6.29. The minimum Gasteiger partial charge on any atom is -0.267 e. The smallest absolute Gasteiger partial charge is 0.267 e. The molecule has 1 heterocycles. The lowest BCUT2D eigenvalue weighted by Crippen LogP contribution is -2.42. The van der Waals surface area contributed by atoms with Gasteiger partial charge in [0.1, 0.15) is 7.05 Å². The number of hydrogen-bond acceptors (Lipinski definition) is 2. The van der Waals surface area contributed by atoms with Crippen LogP contribution < -0.4 is 15.4 Å². The van der Waals surface area contributed by atoms with Gasteiger partial charge in [0.05, 0.1) is 5.56 Å². The average molecular weight is 335 g/mol. The van der Waals surface area contributed by atoms with Crippen LogP contribution in [0, 0.1) is 0 Å². The molecule has 5 nitrogen and oxygen atoms in total. The highest BCUT2D eigenvalue weighted by Crippen LogP contribution is 2.10. The molecule has 1 aromatic carbocycles. The molecule has 0 aliphatic heterocycles. The maximum atomic E-state index is 11.8. The summed E-state index contributed by atoms with van der Waals surface area (Å²) in [5, 5.41) is 0. The first-order valence-corrected chi connectivity index (χ1v) is 6.67. The largest absolute Gasteiger partial charge is 0.270 e. The zero-order valence-corrected chi connectivity index (χ0v) is 12.3. The van der Waals surface area contributed by atoms with Crippen molar-refractivity contribution in [1.29, 1.82) is 0 Å². The van der Waals surface area contributed by atoms with Crippen LogP contribution in [0.4, 0.5) is 0 Å². The first-order chi connectivity index (χ1) is 9.56. The Morgan fingerprint density at radius 1 is 0.900 bits per heavy atom. The fourth-order valence-electron chi connectivity index (χ4n) is 1.51. The lowest BCUT2D eigenvalue weighted by Gasteiger charge is -2.07. The number of benzene rings is 1. The molecule has 102 valence electrons. The molecule has 0 aliphatic carbocycles. The Hall–Kier alpha value is -2.21. The minimum atomic E-state index is -0.368. The van der Waals surface area contributed by atoms with Crippen LogP contribution in [-0.2, 0) is 7.05 Å². The van der Waals surface area contributed by atoms with Gasteiger partial charge in [-0.3, -0.25) is 20.4 Å². The Morgan fingerprint density at radius 3 is 1.85 bits per heavy atom. The predicted molar refractivity (Wildman–Crippen MR) is 76.7 cm³/mol. The first-order valence-electron chi connectivity index (χ1n) is 5.88. The van der Waals surface area contributed by atoms with E-state index in [-0.39, 0.29) is 11.8 Å². The van der Waals surface area contributed by atoms with Crippen LogP contribution in [-0.4, -0.2) is 11.8 Å². The molecule has 0 bridgehead atoms. The lowest BCUT2D eigenvalue weighted by atomic mass is 10.2. The van der Waals surface area contributed by atoms with Crippen LogP contribution in [0.3, 0.4) is 0 Å². The van der Waals surface area contributed by atoms with Crippen molar-refractivity contribution in [3.05, 3.63) is 64.4 Å². The highest BCUT2D eigenvalue weighted by molar-refractivity contribution is 9.10. The van der Waals surface area contributed by atoms with Gasteiger partial charge in [0.25, 0.3) is 11.8 Å². The summed E-state index contributed by atoms with van der Waals surface area (Å²) < 4.78 is 2.70. The number of nitrogens with zero attached hydrogens (tertiary/aromatic N) is 1. The fourth-order valence-corrected chi connectivity index (χ4v) is 1.78. The SMILES string of the molecule is C[n+]1ccc(C(=O)NNC(=O)c2ccc(Br)cc2)cc1. The van der Waals surface area contributed by atoms with E-state index in [0.717, 1.165) is 4.47 Å². The van der Waals surface area contributed by atoms with E-state index in [1.807, 2.05) is 11.6 Å². The van der Waals surface area contributed by atoms with Gasteiger partial charge in [0, 0.05) is 22.2 Å². The number of aryl methyl sites for hydroxylation is 1. The maximum absolute atomic E-state index is 11.8. The molecule has 2 amide bonds. The van der Waals surface area contributed by atoms with Crippen LogP contribution in [0.5, 0.6) is 0 Å². The fraction of sp³-hybridized carbons (Fsp3) is 0.0714. The normalized spacial score (nSPS) is 9.90. The van der Waals surface area contributed by atoms with Gasteiger partial charge < -0.3 is 0 Å². The van der Waals surface area contributed by atoms with E-state index < -0.39 is 0 Å². The van der Waals surface area contributed by atoms with Crippen molar-refractivity contribution in [2.45, 2.75) is 0 Å². The third-order valence-electron chi connectivity index (χ3n) is 2.64. The summed E-state index contributed by atoms with van der Waals surface area (Å²) >= 11 is 3.29. The molecule has 20 heavy (non-hydrogen) atoms. The summed E-state index contributed by atoms with van der Waals surface area (Å²) in [5.74, 6) is -0.733. The highest BCUT2D eigenvalue weighted by atomic mass is 79.9. The van der Waals surface area contributed by atoms with Gasteiger partial charge in [0.2, 0.25) is 0 Å². The molecule has 2 rings (SSSR count). The van der Waals surface area contributed by atoms with Gasteiger partial charge in [-0.05, 0) is 24.3 Å². The molecule has 0 saturated carbocycles. The summed E-state index contributed by atoms with van der Waals surface area (Å²) in [6, 6.07) is 10.2. The van der Waals surface area contributed by atoms with Crippen molar-refractivity contribution in [2.75, 3.05) is 0 Å². The third kappa shape index (κ3) is 3.64. The summed E-state index contributed by atoms with van der Waals surface area (Å²) in [6.45, 7) is 0.